The van der Waals surface area contributed by atoms with Crippen molar-refractivity contribution < 1.29 is 23.8 Å². The highest BCUT2D eigenvalue weighted by molar-refractivity contribution is 5.88. The quantitative estimate of drug-likeness (QED) is 0.722. The number of carbonyl (C=O) groups is 2. The molecule has 0 spiro atoms. The van der Waals surface area contributed by atoms with E-state index in [-0.39, 0.29) is 25.0 Å². The molecule has 1 aliphatic heterocycles. The molecule has 2 aromatic carbocycles. The van der Waals surface area contributed by atoms with E-state index in [4.69, 9.17) is 14.2 Å². The SMILES string of the molecule is COc1ccc(CN(C(=O)COc2ccccc2)[C@H]2CCCCNC2=O)cc1OC. The van der Waals surface area contributed by atoms with Gasteiger partial charge in [-0.3, -0.25) is 9.59 Å². The number of hydrogen-bond acceptors (Lipinski definition) is 5. The number of ether oxygens (including phenoxy) is 3. The van der Waals surface area contributed by atoms with E-state index in [2.05, 4.69) is 5.32 Å². The summed E-state index contributed by atoms with van der Waals surface area (Å²) in [6.45, 7) is 0.769. The fourth-order valence-electron chi connectivity index (χ4n) is 3.51. The molecular weight excluding hydrogens is 384 g/mol. The van der Waals surface area contributed by atoms with Crippen LogP contribution in [0.5, 0.6) is 17.2 Å². The summed E-state index contributed by atoms with van der Waals surface area (Å²) in [6, 6.07) is 14.1. The second-order valence-corrected chi connectivity index (χ2v) is 7.12. The van der Waals surface area contributed by atoms with E-state index < -0.39 is 6.04 Å². The zero-order valence-corrected chi connectivity index (χ0v) is 17.4. The molecule has 0 unspecified atom stereocenters. The fraction of sp³-hybridized carbons (Fsp3) is 0.391. The van der Waals surface area contributed by atoms with Gasteiger partial charge in [0, 0.05) is 13.1 Å². The van der Waals surface area contributed by atoms with E-state index in [1.165, 1.54) is 0 Å². The maximum Gasteiger partial charge on any atom is 0.261 e. The highest BCUT2D eigenvalue weighted by Crippen LogP contribution is 2.28. The molecule has 0 bridgehead atoms. The summed E-state index contributed by atoms with van der Waals surface area (Å²) in [5.74, 6) is 1.44. The lowest BCUT2D eigenvalue weighted by atomic mass is 10.1. The van der Waals surface area contributed by atoms with Gasteiger partial charge in [-0.1, -0.05) is 24.3 Å². The van der Waals surface area contributed by atoms with Gasteiger partial charge in [-0.2, -0.15) is 0 Å². The first kappa shape index (κ1) is 21.5. The van der Waals surface area contributed by atoms with E-state index in [0.717, 1.165) is 18.4 Å². The van der Waals surface area contributed by atoms with Crippen LogP contribution < -0.4 is 19.5 Å². The van der Waals surface area contributed by atoms with Gasteiger partial charge in [0.25, 0.3) is 5.91 Å². The third kappa shape index (κ3) is 5.43. The highest BCUT2D eigenvalue weighted by atomic mass is 16.5. The molecule has 3 rings (SSSR count). The van der Waals surface area contributed by atoms with Crippen LogP contribution in [-0.4, -0.2) is 50.1 Å². The summed E-state index contributed by atoms with van der Waals surface area (Å²) in [5, 5.41) is 2.91. The molecule has 1 N–H and O–H groups in total. The van der Waals surface area contributed by atoms with Gasteiger partial charge < -0.3 is 24.4 Å². The van der Waals surface area contributed by atoms with Gasteiger partial charge in [0.2, 0.25) is 5.91 Å². The summed E-state index contributed by atoms with van der Waals surface area (Å²) >= 11 is 0. The molecule has 0 radical (unpaired) electrons. The number of rotatable bonds is 8. The topological polar surface area (TPSA) is 77.1 Å². The zero-order chi connectivity index (χ0) is 21.3. The van der Waals surface area contributed by atoms with Crippen molar-refractivity contribution in [2.75, 3.05) is 27.4 Å². The Morgan fingerprint density at radius 3 is 2.57 bits per heavy atom. The predicted octanol–water partition coefficient (Wildman–Crippen LogP) is 2.78. The molecule has 2 aromatic rings. The molecule has 1 fully saturated rings. The standard InChI is InChI=1S/C23H28N2O5/c1-28-20-12-11-17(14-21(20)29-2)15-25(19-10-6-7-13-24-23(19)27)22(26)16-30-18-8-4-3-5-9-18/h3-5,8-9,11-12,14,19H,6-7,10,13,15-16H2,1-2H3,(H,24,27)/t19-/m0/s1. The van der Waals surface area contributed by atoms with Crippen LogP contribution in [0.3, 0.4) is 0 Å². The Labute approximate surface area is 176 Å². The average Bonchev–Trinajstić information content (AvgIpc) is 3.00. The van der Waals surface area contributed by atoms with Crippen molar-refractivity contribution in [3.8, 4) is 17.2 Å². The van der Waals surface area contributed by atoms with Crippen molar-refractivity contribution >= 4 is 11.8 Å². The molecule has 7 nitrogen and oxygen atoms in total. The van der Waals surface area contributed by atoms with Crippen LogP contribution in [0.25, 0.3) is 0 Å². The molecule has 0 aromatic heterocycles. The molecule has 160 valence electrons. The van der Waals surface area contributed by atoms with Gasteiger partial charge in [-0.25, -0.2) is 0 Å². The number of hydrogen-bond donors (Lipinski definition) is 1. The lowest BCUT2D eigenvalue weighted by Crippen LogP contribution is -2.49. The Hall–Kier alpha value is -3.22. The summed E-state index contributed by atoms with van der Waals surface area (Å²) in [6.07, 6.45) is 2.40. The van der Waals surface area contributed by atoms with Crippen molar-refractivity contribution in [2.24, 2.45) is 0 Å². The highest BCUT2D eigenvalue weighted by Gasteiger charge is 2.31. The third-order valence-electron chi connectivity index (χ3n) is 5.11. The number of methoxy groups -OCH3 is 2. The van der Waals surface area contributed by atoms with Crippen molar-refractivity contribution in [1.82, 2.24) is 10.2 Å². The Morgan fingerprint density at radius 2 is 1.83 bits per heavy atom. The summed E-state index contributed by atoms with van der Waals surface area (Å²) in [7, 11) is 3.14. The predicted molar refractivity (Wildman–Crippen MR) is 113 cm³/mol. The van der Waals surface area contributed by atoms with Gasteiger partial charge in [-0.05, 0) is 49.1 Å². The monoisotopic (exact) mass is 412 g/mol. The first-order valence-electron chi connectivity index (χ1n) is 10.1. The fourth-order valence-corrected chi connectivity index (χ4v) is 3.51. The van der Waals surface area contributed by atoms with Crippen LogP contribution in [0.15, 0.2) is 48.5 Å². The van der Waals surface area contributed by atoms with E-state index in [1.54, 1.807) is 37.3 Å². The van der Waals surface area contributed by atoms with Gasteiger partial charge in [-0.15, -0.1) is 0 Å². The van der Waals surface area contributed by atoms with Gasteiger partial charge in [0.15, 0.2) is 18.1 Å². The second kappa shape index (κ2) is 10.5. The second-order valence-electron chi connectivity index (χ2n) is 7.12. The summed E-state index contributed by atoms with van der Waals surface area (Å²) < 4.78 is 16.3. The molecule has 7 heteroatoms. The minimum atomic E-state index is -0.535. The number of amides is 2. The van der Waals surface area contributed by atoms with Crippen LogP contribution in [0.2, 0.25) is 0 Å². The molecule has 1 saturated heterocycles. The van der Waals surface area contributed by atoms with Crippen LogP contribution in [0, 0.1) is 0 Å². The minimum absolute atomic E-state index is 0.124. The molecule has 1 aliphatic rings. The maximum absolute atomic E-state index is 13.1. The van der Waals surface area contributed by atoms with E-state index >= 15 is 0 Å². The summed E-state index contributed by atoms with van der Waals surface area (Å²) in [5.41, 5.74) is 0.845. The van der Waals surface area contributed by atoms with Crippen molar-refractivity contribution in [3.05, 3.63) is 54.1 Å². The van der Waals surface area contributed by atoms with Crippen LogP contribution in [0.1, 0.15) is 24.8 Å². The Kier molecular flexibility index (Phi) is 7.54. The summed E-state index contributed by atoms with van der Waals surface area (Å²) in [4.78, 5) is 27.4. The molecular formula is C23H28N2O5. The molecule has 30 heavy (non-hydrogen) atoms. The van der Waals surface area contributed by atoms with Crippen LogP contribution in [0.4, 0.5) is 0 Å². The average molecular weight is 412 g/mol. The van der Waals surface area contributed by atoms with E-state index in [9.17, 15) is 9.59 Å². The molecule has 0 aliphatic carbocycles. The van der Waals surface area contributed by atoms with Gasteiger partial charge in [0.1, 0.15) is 11.8 Å². The van der Waals surface area contributed by atoms with E-state index in [1.807, 2.05) is 30.3 Å². The van der Waals surface area contributed by atoms with Crippen LogP contribution >= 0.6 is 0 Å². The molecule has 0 saturated carbocycles. The first-order chi connectivity index (χ1) is 14.6. The first-order valence-corrected chi connectivity index (χ1v) is 10.1. The molecule has 1 heterocycles. The van der Waals surface area contributed by atoms with Crippen molar-refractivity contribution in [3.63, 3.8) is 0 Å². The zero-order valence-electron chi connectivity index (χ0n) is 17.4. The third-order valence-corrected chi connectivity index (χ3v) is 5.11. The Morgan fingerprint density at radius 1 is 1.07 bits per heavy atom. The number of benzene rings is 2. The van der Waals surface area contributed by atoms with Crippen molar-refractivity contribution in [1.29, 1.82) is 0 Å². The lowest BCUT2D eigenvalue weighted by molar-refractivity contribution is -0.142. The maximum atomic E-state index is 13.1. The largest absolute Gasteiger partial charge is 0.493 e. The minimum Gasteiger partial charge on any atom is -0.493 e. The molecule has 2 amide bonds. The number of carbonyl (C=O) groups excluding carboxylic acids is 2. The lowest BCUT2D eigenvalue weighted by Gasteiger charge is -2.30. The Bertz CT molecular complexity index is 856. The normalized spacial score (nSPS) is 16.2. The number of nitrogens with one attached hydrogen (secondary N) is 1. The smallest absolute Gasteiger partial charge is 0.261 e. The molecule has 1 atom stereocenters. The van der Waals surface area contributed by atoms with E-state index in [0.29, 0.717) is 30.2 Å². The van der Waals surface area contributed by atoms with Gasteiger partial charge in [0.05, 0.1) is 14.2 Å². The van der Waals surface area contributed by atoms with Crippen LogP contribution in [-0.2, 0) is 16.1 Å². The van der Waals surface area contributed by atoms with Crippen molar-refractivity contribution in [2.45, 2.75) is 31.8 Å². The number of nitrogens with zero attached hydrogens (tertiary/aromatic N) is 1. The number of para-hydroxylation sites is 1. The Balaban J connectivity index is 1.81. The van der Waals surface area contributed by atoms with Gasteiger partial charge >= 0.3 is 0 Å².